The largest absolute Gasteiger partial charge is 0.500 e. The molecule has 1 heterocycles. The van der Waals surface area contributed by atoms with Crippen LogP contribution in [0.2, 0.25) is 12.1 Å². The van der Waals surface area contributed by atoms with Gasteiger partial charge in [0, 0.05) is 64.7 Å². The maximum Gasteiger partial charge on any atom is 0.500 e. The third-order valence-corrected chi connectivity index (χ3v) is 11.3. The van der Waals surface area contributed by atoms with Gasteiger partial charge in [-0.15, -0.1) is 0 Å². The van der Waals surface area contributed by atoms with Crippen molar-refractivity contribution in [1.82, 2.24) is 10.6 Å². The van der Waals surface area contributed by atoms with Crippen LogP contribution in [0.5, 0.6) is 0 Å². The van der Waals surface area contributed by atoms with Crippen LogP contribution in [0.4, 0.5) is 0 Å². The summed E-state index contributed by atoms with van der Waals surface area (Å²) in [4.78, 5) is 9.02. The first kappa shape index (κ1) is 31.1. The van der Waals surface area contributed by atoms with Crippen LogP contribution in [0.15, 0.2) is 9.98 Å². The maximum absolute atomic E-state index is 6.50. The molecule has 1 rings (SSSR count). The molecule has 0 aromatic carbocycles. The molecular weight excluding hydrogens is 474 g/mol. The minimum Gasteiger partial charge on any atom is -0.374 e. The quantitative estimate of drug-likeness (QED) is 0.163. The topological polar surface area (TPSA) is 130 Å². The summed E-state index contributed by atoms with van der Waals surface area (Å²) in [6, 6.07) is 1.39. The number of nitrogens with zero attached hydrogens (tertiary/aromatic N) is 2. The second-order valence-electron chi connectivity index (χ2n) is 7.60. The number of nitrogens with one attached hydrogen (secondary N) is 2. The second kappa shape index (κ2) is 16.7. The molecule has 1 aliphatic heterocycles. The molecule has 4 N–H and O–H groups in total. The Kier molecular flexibility index (Phi) is 15.3. The van der Waals surface area contributed by atoms with Crippen molar-refractivity contribution >= 4 is 29.9 Å². The Morgan fingerprint density at radius 2 is 1.24 bits per heavy atom. The van der Waals surface area contributed by atoms with E-state index >= 15 is 0 Å². The van der Waals surface area contributed by atoms with Gasteiger partial charge in [0.25, 0.3) is 0 Å². The van der Waals surface area contributed by atoms with E-state index in [0.29, 0.717) is 70.7 Å². The molecule has 200 valence electrons. The SMILES string of the molecule is CCO[Si](CCCN=C1NC=NC(N)(CCC[Si](OCC)(OCC)OCC)N1)(OCC)OCC. The normalized spacial score (nSPS) is 19.9. The average molecular weight is 522 g/mol. The summed E-state index contributed by atoms with van der Waals surface area (Å²) >= 11 is 0. The van der Waals surface area contributed by atoms with Crippen molar-refractivity contribution in [3.63, 3.8) is 0 Å². The number of rotatable bonds is 20. The van der Waals surface area contributed by atoms with E-state index in [1.165, 1.54) is 0 Å². The molecule has 0 aromatic heterocycles. The summed E-state index contributed by atoms with van der Waals surface area (Å²) in [5.41, 5.74) is 6.50. The first-order chi connectivity index (χ1) is 16.4. The number of hydrogen-bond donors (Lipinski definition) is 3. The molecule has 0 spiro atoms. The van der Waals surface area contributed by atoms with E-state index in [-0.39, 0.29) is 0 Å². The Morgan fingerprint density at radius 3 is 1.68 bits per heavy atom. The van der Waals surface area contributed by atoms with E-state index in [0.717, 1.165) is 12.8 Å². The van der Waals surface area contributed by atoms with Crippen LogP contribution in [0.1, 0.15) is 60.8 Å². The predicted molar refractivity (Wildman–Crippen MR) is 139 cm³/mol. The molecule has 0 bridgehead atoms. The van der Waals surface area contributed by atoms with E-state index < -0.39 is 23.4 Å². The van der Waals surface area contributed by atoms with Gasteiger partial charge in [0.2, 0.25) is 0 Å². The summed E-state index contributed by atoms with van der Waals surface area (Å²) in [7, 11) is -5.37. The molecular formula is C21H47N5O6Si2. The minimum absolute atomic E-state index is 0.553. The van der Waals surface area contributed by atoms with Crippen molar-refractivity contribution in [2.45, 2.75) is 78.7 Å². The van der Waals surface area contributed by atoms with Crippen LogP contribution in [0.25, 0.3) is 0 Å². The van der Waals surface area contributed by atoms with Crippen LogP contribution >= 0.6 is 0 Å². The zero-order valence-corrected chi connectivity index (χ0v) is 24.0. The highest BCUT2D eigenvalue weighted by molar-refractivity contribution is 6.61. The highest BCUT2D eigenvalue weighted by Crippen LogP contribution is 2.22. The smallest absolute Gasteiger partial charge is 0.374 e. The van der Waals surface area contributed by atoms with E-state index in [9.17, 15) is 0 Å². The number of nitrogens with two attached hydrogens (primary N) is 1. The Labute approximate surface area is 207 Å². The van der Waals surface area contributed by atoms with Gasteiger partial charge in [0.05, 0.1) is 6.34 Å². The third kappa shape index (κ3) is 10.8. The molecule has 0 aliphatic carbocycles. The fourth-order valence-corrected chi connectivity index (χ4v) is 8.96. The highest BCUT2D eigenvalue weighted by Gasteiger charge is 2.41. The van der Waals surface area contributed by atoms with Gasteiger partial charge in [-0.3, -0.25) is 10.7 Å². The maximum atomic E-state index is 6.50. The van der Waals surface area contributed by atoms with Crippen molar-refractivity contribution in [3.8, 4) is 0 Å². The Bertz CT molecular complexity index is 582. The molecule has 0 radical (unpaired) electrons. The summed E-state index contributed by atoms with van der Waals surface area (Å²) in [6.45, 7) is 15.7. The summed E-state index contributed by atoms with van der Waals surface area (Å²) < 4.78 is 35.5. The van der Waals surface area contributed by atoms with E-state index in [1.807, 2.05) is 41.5 Å². The lowest BCUT2D eigenvalue weighted by Crippen LogP contribution is -2.61. The molecule has 0 fully saturated rings. The van der Waals surface area contributed by atoms with Gasteiger partial charge >= 0.3 is 17.6 Å². The lowest BCUT2D eigenvalue weighted by atomic mass is 10.2. The fraction of sp³-hybridized carbons (Fsp3) is 0.905. The molecule has 1 unspecified atom stereocenters. The molecule has 0 aromatic rings. The van der Waals surface area contributed by atoms with Crippen molar-refractivity contribution in [2.75, 3.05) is 46.2 Å². The van der Waals surface area contributed by atoms with Gasteiger partial charge < -0.3 is 37.2 Å². The van der Waals surface area contributed by atoms with Crippen LogP contribution in [-0.4, -0.2) is 81.9 Å². The van der Waals surface area contributed by atoms with Gasteiger partial charge in [-0.2, -0.15) is 0 Å². The lowest BCUT2D eigenvalue weighted by molar-refractivity contribution is 0.0696. The first-order valence-corrected chi connectivity index (χ1v) is 16.5. The Morgan fingerprint density at radius 1 is 0.794 bits per heavy atom. The minimum atomic E-state index is -2.71. The third-order valence-electron chi connectivity index (χ3n) is 4.97. The van der Waals surface area contributed by atoms with Crippen molar-refractivity contribution in [2.24, 2.45) is 15.7 Å². The monoisotopic (exact) mass is 521 g/mol. The summed E-state index contributed by atoms with van der Waals surface area (Å²) in [5, 5.41) is 6.25. The molecule has 11 nitrogen and oxygen atoms in total. The molecule has 13 heteroatoms. The van der Waals surface area contributed by atoms with E-state index in [1.54, 1.807) is 6.34 Å². The van der Waals surface area contributed by atoms with Crippen LogP contribution in [0, 0.1) is 0 Å². The molecule has 1 aliphatic rings. The van der Waals surface area contributed by atoms with Crippen molar-refractivity contribution in [3.05, 3.63) is 0 Å². The number of aliphatic imine (C=N–C) groups is 2. The molecule has 0 saturated carbocycles. The molecule has 1 atom stereocenters. The summed E-state index contributed by atoms with van der Waals surface area (Å²) in [5.74, 6) is -0.355. The second-order valence-corrected chi connectivity index (χ2v) is 13.1. The Hall–Kier alpha value is -0.906. The van der Waals surface area contributed by atoms with Gasteiger partial charge in [0.1, 0.15) is 0 Å². The van der Waals surface area contributed by atoms with Crippen molar-refractivity contribution in [1.29, 1.82) is 0 Å². The van der Waals surface area contributed by atoms with Gasteiger partial charge in [-0.05, 0) is 54.4 Å². The van der Waals surface area contributed by atoms with Gasteiger partial charge in [-0.25, -0.2) is 4.99 Å². The first-order valence-electron chi connectivity index (χ1n) is 12.6. The van der Waals surface area contributed by atoms with Crippen molar-refractivity contribution < 1.29 is 26.6 Å². The van der Waals surface area contributed by atoms with Crippen LogP contribution in [-0.2, 0) is 26.6 Å². The predicted octanol–water partition coefficient (Wildman–Crippen LogP) is 2.44. The average Bonchev–Trinajstić information content (AvgIpc) is 2.78. The van der Waals surface area contributed by atoms with Gasteiger partial charge in [-0.1, -0.05) is 0 Å². The highest BCUT2D eigenvalue weighted by atomic mass is 28.4. The number of hydrogen-bond acceptors (Lipinski definition) is 9. The fourth-order valence-electron chi connectivity index (χ4n) is 3.76. The van der Waals surface area contributed by atoms with Crippen LogP contribution in [0.3, 0.4) is 0 Å². The van der Waals surface area contributed by atoms with Crippen LogP contribution < -0.4 is 16.4 Å². The Balaban J connectivity index is 2.64. The standard InChI is InChI=1S/C21H47N5O6Si2/c1-7-27-33(28-8-2,29-9-3)17-13-15-21(22)25-19-24-20(26-21)23-16-14-18-34(30-10-4,31-11-5)32-12-6/h19H,7-18,22H2,1-6H3,(H2,23,24,25,26). The molecule has 0 saturated heterocycles. The lowest BCUT2D eigenvalue weighted by Gasteiger charge is -2.33. The van der Waals surface area contributed by atoms with E-state index in [2.05, 4.69) is 20.6 Å². The molecule has 0 amide bonds. The zero-order chi connectivity index (χ0) is 25.3. The summed E-state index contributed by atoms with van der Waals surface area (Å²) in [6.07, 6.45) is 3.69. The van der Waals surface area contributed by atoms with E-state index in [4.69, 9.17) is 32.3 Å². The van der Waals surface area contributed by atoms with Gasteiger partial charge in [0.15, 0.2) is 11.7 Å². The zero-order valence-electron chi connectivity index (χ0n) is 22.0. The number of guanidine groups is 1. The molecule has 34 heavy (non-hydrogen) atoms.